The smallest absolute Gasteiger partial charge is 0.161 e. The fraction of sp³-hybridized carbons (Fsp3) is 1.00. The van der Waals surface area contributed by atoms with Crippen LogP contribution in [0.2, 0.25) is 0 Å². The fourth-order valence-electron chi connectivity index (χ4n) is 1.87. The highest BCUT2D eigenvalue weighted by molar-refractivity contribution is 4.48. The van der Waals surface area contributed by atoms with Gasteiger partial charge in [-0.05, 0) is 33.6 Å². The van der Waals surface area contributed by atoms with E-state index in [4.69, 9.17) is 18.9 Å². The number of unbranched alkanes of at least 4 members (excludes halogenated alkanes) is 4. The lowest BCUT2D eigenvalue weighted by Crippen LogP contribution is -2.29. The van der Waals surface area contributed by atoms with E-state index in [0.29, 0.717) is 6.42 Å². The summed E-state index contributed by atoms with van der Waals surface area (Å²) in [5.74, 6) is 0. The fourth-order valence-corrected chi connectivity index (χ4v) is 1.87. The molecule has 5 heteroatoms. The first kappa shape index (κ1) is 19.8. The van der Waals surface area contributed by atoms with Gasteiger partial charge >= 0.3 is 0 Å². The van der Waals surface area contributed by atoms with E-state index in [0.717, 1.165) is 12.8 Å². The van der Waals surface area contributed by atoms with Crippen molar-refractivity contribution in [2.24, 2.45) is 0 Å². The monoisotopic (exact) mass is 292 g/mol. The number of ether oxygens (including phenoxy) is 4. The summed E-state index contributed by atoms with van der Waals surface area (Å²) in [6.07, 6.45) is 4.37. The molecule has 0 spiro atoms. The van der Waals surface area contributed by atoms with Crippen molar-refractivity contribution in [2.75, 3.05) is 7.11 Å². The summed E-state index contributed by atoms with van der Waals surface area (Å²) < 4.78 is 21.2. The molecular weight excluding hydrogens is 260 g/mol. The summed E-state index contributed by atoms with van der Waals surface area (Å²) in [6, 6.07) is 0. The standard InChI is InChI=1S/C15H32O5/c1-6-7-8-9-10-11-15(16)20-14(4)19-13(3)18-12(2)17-5/h12-16H,6-11H2,1-5H3. The van der Waals surface area contributed by atoms with Crippen molar-refractivity contribution in [3.05, 3.63) is 0 Å². The van der Waals surface area contributed by atoms with Gasteiger partial charge in [-0.3, -0.25) is 0 Å². The molecule has 4 atom stereocenters. The molecule has 0 aliphatic heterocycles. The molecule has 0 aromatic heterocycles. The SMILES string of the molecule is CCCCCCCC(O)OC(C)OC(C)OC(C)OC. The summed E-state index contributed by atoms with van der Waals surface area (Å²) in [5.41, 5.74) is 0. The van der Waals surface area contributed by atoms with Gasteiger partial charge in [-0.15, -0.1) is 0 Å². The van der Waals surface area contributed by atoms with Gasteiger partial charge in [-0.25, -0.2) is 0 Å². The highest BCUT2D eigenvalue weighted by atomic mass is 16.8. The molecule has 0 aromatic rings. The molecule has 1 N–H and O–H groups in total. The molecule has 0 aliphatic rings. The lowest BCUT2D eigenvalue weighted by Gasteiger charge is -2.24. The number of methoxy groups -OCH3 is 1. The molecule has 0 fully saturated rings. The van der Waals surface area contributed by atoms with Crippen LogP contribution >= 0.6 is 0 Å². The molecular formula is C15H32O5. The summed E-state index contributed by atoms with van der Waals surface area (Å²) in [4.78, 5) is 0. The molecule has 0 aliphatic carbocycles. The summed E-state index contributed by atoms with van der Waals surface area (Å²) in [7, 11) is 1.57. The quantitative estimate of drug-likeness (QED) is 0.416. The van der Waals surface area contributed by atoms with E-state index in [-0.39, 0.29) is 6.29 Å². The minimum atomic E-state index is -0.779. The molecule has 4 unspecified atom stereocenters. The molecule has 0 amide bonds. The van der Waals surface area contributed by atoms with Crippen LogP contribution in [-0.2, 0) is 18.9 Å². The van der Waals surface area contributed by atoms with E-state index in [2.05, 4.69) is 6.92 Å². The van der Waals surface area contributed by atoms with Gasteiger partial charge in [-0.1, -0.05) is 32.6 Å². The van der Waals surface area contributed by atoms with E-state index in [1.807, 2.05) is 0 Å². The Kier molecular flexibility index (Phi) is 12.4. The Balaban J connectivity index is 3.65. The third-order valence-electron chi connectivity index (χ3n) is 3.00. The number of rotatable bonds is 13. The first-order chi connectivity index (χ1) is 9.49. The maximum atomic E-state index is 9.75. The van der Waals surface area contributed by atoms with Gasteiger partial charge in [0.25, 0.3) is 0 Å². The first-order valence-electron chi connectivity index (χ1n) is 7.66. The summed E-state index contributed by atoms with van der Waals surface area (Å²) >= 11 is 0. The Hall–Kier alpha value is -0.200. The zero-order valence-electron chi connectivity index (χ0n) is 13.6. The number of aliphatic hydroxyl groups excluding tert-OH is 1. The highest BCUT2D eigenvalue weighted by Crippen LogP contribution is 2.11. The largest absolute Gasteiger partial charge is 0.368 e. The van der Waals surface area contributed by atoms with Crippen molar-refractivity contribution in [3.8, 4) is 0 Å². The summed E-state index contributed by atoms with van der Waals surface area (Å²) in [6.45, 7) is 7.49. The van der Waals surface area contributed by atoms with E-state index < -0.39 is 18.9 Å². The lowest BCUT2D eigenvalue weighted by molar-refractivity contribution is -0.301. The van der Waals surface area contributed by atoms with Crippen molar-refractivity contribution in [1.29, 1.82) is 0 Å². The third kappa shape index (κ3) is 11.6. The minimum Gasteiger partial charge on any atom is -0.368 e. The topological polar surface area (TPSA) is 57.2 Å². The van der Waals surface area contributed by atoms with Crippen LogP contribution in [0.4, 0.5) is 0 Å². The van der Waals surface area contributed by atoms with Gasteiger partial charge in [0.15, 0.2) is 25.2 Å². The molecule has 0 aromatic carbocycles. The summed E-state index contributed by atoms with van der Waals surface area (Å²) in [5, 5.41) is 9.75. The molecule has 0 heterocycles. The zero-order chi connectivity index (χ0) is 15.4. The van der Waals surface area contributed by atoms with E-state index >= 15 is 0 Å². The second-order valence-electron chi connectivity index (χ2n) is 5.00. The van der Waals surface area contributed by atoms with Crippen LogP contribution in [0.1, 0.15) is 66.2 Å². The van der Waals surface area contributed by atoms with E-state index in [1.165, 1.54) is 19.3 Å². The Bertz CT molecular complexity index is 212. The van der Waals surface area contributed by atoms with Crippen molar-refractivity contribution >= 4 is 0 Å². The average molecular weight is 292 g/mol. The highest BCUT2D eigenvalue weighted by Gasteiger charge is 2.15. The third-order valence-corrected chi connectivity index (χ3v) is 3.00. The van der Waals surface area contributed by atoms with Gasteiger partial charge in [0.1, 0.15) is 0 Å². The number of aliphatic hydroxyl groups is 1. The van der Waals surface area contributed by atoms with Crippen LogP contribution in [-0.4, -0.2) is 37.4 Å². The Morgan fingerprint density at radius 3 is 1.95 bits per heavy atom. The second kappa shape index (κ2) is 12.5. The Morgan fingerprint density at radius 1 is 0.800 bits per heavy atom. The van der Waals surface area contributed by atoms with Gasteiger partial charge in [0, 0.05) is 7.11 Å². The van der Waals surface area contributed by atoms with Gasteiger partial charge in [0.2, 0.25) is 0 Å². The molecule has 0 radical (unpaired) electrons. The van der Waals surface area contributed by atoms with Crippen LogP contribution in [0.5, 0.6) is 0 Å². The molecule has 5 nitrogen and oxygen atoms in total. The molecule has 0 saturated carbocycles. The van der Waals surface area contributed by atoms with Crippen LogP contribution in [0, 0.1) is 0 Å². The van der Waals surface area contributed by atoms with Crippen LogP contribution in [0.3, 0.4) is 0 Å². The van der Waals surface area contributed by atoms with Gasteiger partial charge in [-0.2, -0.15) is 0 Å². The minimum absolute atomic E-state index is 0.333. The maximum absolute atomic E-state index is 9.75. The van der Waals surface area contributed by atoms with Crippen molar-refractivity contribution < 1.29 is 24.1 Å². The molecule has 0 bridgehead atoms. The molecule has 0 rings (SSSR count). The normalized spacial score (nSPS) is 17.7. The van der Waals surface area contributed by atoms with Crippen LogP contribution in [0.25, 0.3) is 0 Å². The van der Waals surface area contributed by atoms with Crippen molar-refractivity contribution in [3.63, 3.8) is 0 Å². The van der Waals surface area contributed by atoms with E-state index in [9.17, 15) is 5.11 Å². The van der Waals surface area contributed by atoms with Crippen LogP contribution < -0.4 is 0 Å². The van der Waals surface area contributed by atoms with Gasteiger partial charge in [0.05, 0.1) is 0 Å². The zero-order valence-corrected chi connectivity index (χ0v) is 13.6. The van der Waals surface area contributed by atoms with E-state index in [1.54, 1.807) is 27.9 Å². The Labute approximate surface area is 123 Å². The predicted octanol–water partition coefficient (Wildman–Crippen LogP) is 3.40. The molecule has 20 heavy (non-hydrogen) atoms. The van der Waals surface area contributed by atoms with Crippen molar-refractivity contribution in [1.82, 2.24) is 0 Å². The second-order valence-corrected chi connectivity index (χ2v) is 5.00. The first-order valence-corrected chi connectivity index (χ1v) is 7.66. The maximum Gasteiger partial charge on any atom is 0.161 e. The molecule has 122 valence electrons. The number of hydrogen-bond donors (Lipinski definition) is 1. The Morgan fingerprint density at radius 2 is 1.35 bits per heavy atom. The van der Waals surface area contributed by atoms with Crippen molar-refractivity contribution in [2.45, 2.75) is 91.4 Å². The lowest BCUT2D eigenvalue weighted by atomic mass is 10.1. The predicted molar refractivity (Wildman–Crippen MR) is 78.0 cm³/mol. The number of hydrogen-bond acceptors (Lipinski definition) is 5. The van der Waals surface area contributed by atoms with Gasteiger partial charge < -0.3 is 24.1 Å². The average Bonchev–Trinajstić information content (AvgIpc) is 2.37. The molecule has 0 saturated heterocycles. The van der Waals surface area contributed by atoms with Crippen LogP contribution in [0.15, 0.2) is 0 Å².